The summed E-state index contributed by atoms with van der Waals surface area (Å²) in [5, 5.41) is 18.6. The number of hydrogen-bond acceptors (Lipinski definition) is 5. The molecule has 1 N–H and O–H groups in total. The van der Waals surface area contributed by atoms with Gasteiger partial charge in [-0.1, -0.05) is 13.8 Å². The number of nitrogens with zero attached hydrogens (tertiary/aromatic N) is 5. The van der Waals surface area contributed by atoms with Crippen molar-refractivity contribution in [2.75, 3.05) is 26.2 Å². The van der Waals surface area contributed by atoms with Crippen LogP contribution in [0.4, 0.5) is 0 Å². The van der Waals surface area contributed by atoms with Crippen LogP contribution in [0.3, 0.4) is 0 Å². The smallest absolute Gasteiger partial charge is 0.222 e. The van der Waals surface area contributed by atoms with Crippen molar-refractivity contribution >= 4 is 5.91 Å². The Bertz CT molecular complexity index is 607. The maximum Gasteiger partial charge on any atom is 0.222 e. The maximum atomic E-state index is 12.4. The molecule has 7 heteroatoms. The summed E-state index contributed by atoms with van der Waals surface area (Å²) >= 11 is 0. The van der Waals surface area contributed by atoms with Crippen LogP contribution in [0.25, 0.3) is 0 Å². The van der Waals surface area contributed by atoms with Crippen molar-refractivity contribution in [3.05, 3.63) is 11.6 Å². The molecule has 2 aliphatic heterocycles. The van der Waals surface area contributed by atoms with E-state index in [0.717, 1.165) is 70.1 Å². The van der Waals surface area contributed by atoms with Crippen LogP contribution in [0, 0.1) is 5.92 Å². The maximum absolute atomic E-state index is 12.4. The molecule has 0 spiro atoms. The normalized spacial score (nSPS) is 23.0. The topological polar surface area (TPSA) is 74.5 Å². The molecule has 0 radical (unpaired) electrons. The molecule has 1 aromatic rings. The van der Waals surface area contributed by atoms with Gasteiger partial charge in [-0.25, -0.2) is 0 Å². The average molecular weight is 364 g/mol. The number of likely N-dealkylation sites (tertiary alicyclic amines) is 2. The monoisotopic (exact) mass is 363 g/mol. The summed E-state index contributed by atoms with van der Waals surface area (Å²) < 4.78 is 2.12. The van der Waals surface area contributed by atoms with E-state index in [1.54, 1.807) is 0 Å². The Morgan fingerprint density at radius 3 is 2.62 bits per heavy atom. The standard InChI is InChI=1S/C19H33N5O2/c1-14(2)11-18(26)24-8-4-5-15(12-24)19-21-20-17(22(19)3)13-23-9-6-16(25)7-10-23/h14-16,25H,4-13H2,1-3H3. The highest BCUT2D eigenvalue weighted by Crippen LogP contribution is 2.27. The van der Waals surface area contributed by atoms with E-state index in [1.807, 2.05) is 11.9 Å². The SMILES string of the molecule is CC(C)CC(=O)N1CCCC(c2nnc(CN3CCC(O)CC3)n2C)C1. The van der Waals surface area contributed by atoms with Gasteiger partial charge in [-0.3, -0.25) is 9.69 Å². The molecule has 3 rings (SSSR count). The number of hydrogen-bond donors (Lipinski definition) is 1. The Morgan fingerprint density at radius 2 is 1.92 bits per heavy atom. The van der Waals surface area contributed by atoms with E-state index in [1.165, 1.54) is 0 Å². The Hall–Kier alpha value is -1.47. The molecule has 0 aromatic carbocycles. The van der Waals surface area contributed by atoms with Crippen molar-refractivity contribution in [3.8, 4) is 0 Å². The predicted molar refractivity (Wildman–Crippen MR) is 99.5 cm³/mol. The summed E-state index contributed by atoms with van der Waals surface area (Å²) in [6.45, 7) is 8.39. The van der Waals surface area contributed by atoms with E-state index in [-0.39, 0.29) is 17.9 Å². The third kappa shape index (κ3) is 4.62. The molecule has 0 bridgehead atoms. The highest BCUT2D eigenvalue weighted by Gasteiger charge is 2.29. The van der Waals surface area contributed by atoms with Crippen molar-refractivity contribution < 1.29 is 9.90 Å². The highest BCUT2D eigenvalue weighted by atomic mass is 16.3. The molecule has 7 nitrogen and oxygen atoms in total. The van der Waals surface area contributed by atoms with Crippen LogP contribution in [-0.4, -0.2) is 67.9 Å². The van der Waals surface area contributed by atoms with E-state index in [4.69, 9.17) is 0 Å². The molecule has 2 aliphatic rings. The van der Waals surface area contributed by atoms with E-state index in [0.29, 0.717) is 12.3 Å². The lowest BCUT2D eigenvalue weighted by Crippen LogP contribution is -2.40. The van der Waals surface area contributed by atoms with E-state index >= 15 is 0 Å². The number of carbonyl (C=O) groups excluding carboxylic acids is 1. The van der Waals surface area contributed by atoms with Crippen molar-refractivity contribution in [2.24, 2.45) is 13.0 Å². The van der Waals surface area contributed by atoms with Gasteiger partial charge in [0.2, 0.25) is 5.91 Å². The molecule has 1 aromatic heterocycles. The molecule has 1 atom stereocenters. The number of amides is 1. The van der Waals surface area contributed by atoms with Crippen LogP contribution in [0.5, 0.6) is 0 Å². The summed E-state index contributed by atoms with van der Waals surface area (Å²) in [5.41, 5.74) is 0. The van der Waals surface area contributed by atoms with Gasteiger partial charge in [-0.15, -0.1) is 10.2 Å². The van der Waals surface area contributed by atoms with Crippen LogP contribution in [0.15, 0.2) is 0 Å². The minimum Gasteiger partial charge on any atom is -0.393 e. The third-order valence-corrected chi connectivity index (χ3v) is 5.64. The molecule has 26 heavy (non-hydrogen) atoms. The lowest BCUT2D eigenvalue weighted by Gasteiger charge is -2.33. The first-order valence-electron chi connectivity index (χ1n) is 10.0. The van der Waals surface area contributed by atoms with Crippen LogP contribution >= 0.6 is 0 Å². The first-order valence-corrected chi connectivity index (χ1v) is 10.0. The average Bonchev–Trinajstić information content (AvgIpc) is 2.97. The third-order valence-electron chi connectivity index (χ3n) is 5.64. The van der Waals surface area contributed by atoms with Crippen LogP contribution in [-0.2, 0) is 18.4 Å². The van der Waals surface area contributed by atoms with Gasteiger partial charge in [0.1, 0.15) is 11.6 Å². The zero-order chi connectivity index (χ0) is 18.7. The summed E-state index contributed by atoms with van der Waals surface area (Å²) in [6, 6.07) is 0. The van der Waals surface area contributed by atoms with Crippen molar-refractivity contribution in [1.82, 2.24) is 24.6 Å². The lowest BCUT2D eigenvalue weighted by atomic mass is 9.96. The van der Waals surface area contributed by atoms with Crippen molar-refractivity contribution in [3.63, 3.8) is 0 Å². The fourth-order valence-corrected chi connectivity index (χ4v) is 4.04. The Balaban J connectivity index is 1.62. The lowest BCUT2D eigenvalue weighted by molar-refractivity contribution is -0.133. The quantitative estimate of drug-likeness (QED) is 0.859. The Morgan fingerprint density at radius 1 is 1.19 bits per heavy atom. The number of carbonyl (C=O) groups is 1. The fourth-order valence-electron chi connectivity index (χ4n) is 4.04. The summed E-state index contributed by atoms with van der Waals surface area (Å²) in [5.74, 6) is 2.90. The molecule has 0 saturated carbocycles. The second-order valence-corrected chi connectivity index (χ2v) is 8.32. The fraction of sp³-hybridized carbons (Fsp3) is 0.842. The summed E-state index contributed by atoms with van der Waals surface area (Å²) in [7, 11) is 2.04. The number of rotatable bonds is 5. The number of aliphatic hydroxyl groups excluding tert-OH is 1. The zero-order valence-electron chi connectivity index (χ0n) is 16.4. The van der Waals surface area contributed by atoms with Gasteiger partial charge in [-0.05, 0) is 31.6 Å². The van der Waals surface area contributed by atoms with Gasteiger partial charge >= 0.3 is 0 Å². The van der Waals surface area contributed by atoms with Gasteiger partial charge in [0.05, 0.1) is 12.6 Å². The first-order chi connectivity index (χ1) is 12.4. The second-order valence-electron chi connectivity index (χ2n) is 8.32. The van der Waals surface area contributed by atoms with Crippen LogP contribution in [0.2, 0.25) is 0 Å². The molecule has 2 fully saturated rings. The van der Waals surface area contributed by atoms with Crippen molar-refractivity contribution in [1.29, 1.82) is 0 Å². The number of piperidine rings is 2. The van der Waals surface area contributed by atoms with Gasteiger partial charge in [-0.2, -0.15) is 0 Å². The van der Waals surface area contributed by atoms with Crippen LogP contribution < -0.4 is 0 Å². The first kappa shape index (κ1) is 19.3. The van der Waals surface area contributed by atoms with Gasteiger partial charge in [0.15, 0.2) is 0 Å². The second kappa shape index (κ2) is 8.48. The van der Waals surface area contributed by atoms with Crippen molar-refractivity contribution in [2.45, 2.75) is 64.5 Å². The molecule has 146 valence electrons. The van der Waals surface area contributed by atoms with Gasteiger partial charge in [0.25, 0.3) is 0 Å². The summed E-state index contributed by atoms with van der Waals surface area (Å²) in [4.78, 5) is 16.8. The highest BCUT2D eigenvalue weighted by molar-refractivity contribution is 5.76. The van der Waals surface area contributed by atoms with Crippen LogP contribution in [0.1, 0.15) is 63.5 Å². The minimum absolute atomic E-state index is 0.155. The largest absolute Gasteiger partial charge is 0.393 e. The van der Waals surface area contributed by atoms with Gasteiger partial charge in [0, 0.05) is 45.6 Å². The molecule has 3 heterocycles. The predicted octanol–water partition coefficient (Wildman–Crippen LogP) is 1.52. The Labute approximate surface area is 156 Å². The van der Waals surface area contributed by atoms with E-state index < -0.39 is 0 Å². The Kier molecular flexibility index (Phi) is 6.29. The van der Waals surface area contributed by atoms with Gasteiger partial charge < -0.3 is 14.6 Å². The number of aliphatic hydroxyl groups is 1. The molecule has 1 unspecified atom stereocenters. The molecule has 2 saturated heterocycles. The molecule has 0 aliphatic carbocycles. The zero-order valence-corrected chi connectivity index (χ0v) is 16.4. The molecular formula is C19H33N5O2. The molecule has 1 amide bonds. The summed E-state index contributed by atoms with van der Waals surface area (Å²) in [6.07, 6.45) is 4.23. The van der Waals surface area contributed by atoms with E-state index in [9.17, 15) is 9.90 Å². The number of aromatic nitrogens is 3. The van der Waals surface area contributed by atoms with E-state index in [2.05, 4.69) is 33.5 Å². The minimum atomic E-state index is -0.155. The molecular weight excluding hydrogens is 330 g/mol.